The van der Waals surface area contributed by atoms with Gasteiger partial charge >= 0.3 is 5.97 Å². The van der Waals surface area contributed by atoms with E-state index in [1.165, 1.54) is 7.11 Å². The molecule has 5 heteroatoms. The van der Waals surface area contributed by atoms with Crippen LogP contribution < -0.4 is 10.1 Å². The summed E-state index contributed by atoms with van der Waals surface area (Å²) in [6.45, 7) is 4.52. The lowest BCUT2D eigenvalue weighted by atomic mass is 10.0. The molecule has 1 aromatic carbocycles. The molecule has 0 bridgehead atoms. The van der Waals surface area contributed by atoms with Crippen LogP contribution in [-0.4, -0.2) is 43.5 Å². The minimum Gasteiger partial charge on any atom is -0.491 e. The quantitative estimate of drug-likeness (QED) is 0.677. The van der Waals surface area contributed by atoms with E-state index in [-0.39, 0.29) is 19.1 Å². The molecular formula is C16H25NO4. The van der Waals surface area contributed by atoms with E-state index in [0.717, 1.165) is 0 Å². The molecule has 2 N–H and O–H groups in total. The zero-order valence-corrected chi connectivity index (χ0v) is 12.9. The Hall–Kier alpha value is -1.59. The molecule has 2 atom stereocenters. The number of hydrogen-bond acceptors (Lipinski definition) is 5. The lowest BCUT2D eigenvalue weighted by Crippen LogP contribution is -2.43. The highest BCUT2D eigenvalue weighted by atomic mass is 16.5. The van der Waals surface area contributed by atoms with Crippen LogP contribution in [-0.2, 0) is 9.53 Å². The van der Waals surface area contributed by atoms with Gasteiger partial charge in [-0.2, -0.15) is 0 Å². The molecule has 0 saturated heterocycles. The van der Waals surface area contributed by atoms with Gasteiger partial charge in [0, 0.05) is 6.54 Å². The molecule has 0 saturated carbocycles. The zero-order chi connectivity index (χ0) is 15.7. The standard InChI is InChI=1S/C16H25NO4/c1-12(2)9-15(16(19)20-3)17-10-13(18)11-21-14-7-5-4-6-8-14/h4-8,12-13,15,17-18H,9-11H2,1-3H3. The van der Waals surface area contributed by atoms with E-state index in [4.69, 9.17) is 9.47 Å². The molecule has 21 heavy (non-hydrogen) atoms. The fourth-order valence-corrected chi connectivity index (χ4v) is 1.92. The van der Waals surface area contributed by atoms with Crippen molar-refractivity contribution in [3.8, 4) is 5.75 Å². The Balaban J connectivity index is 2.35. The zero-order valence-electron chi connectivity index (χ0n) is 12.9. The Morgan fingerprint density at radius 2 is 1.95 bits per heavy atom. The van der Waals surface area contributed by atoms with Crippen LogP contribution in [0.25, 0.3) is 0 Å². The van der Waals surface area contributed by atoms with Crippen LogP contribution in [0.15, 0.2) is 30.3 Å². The molecule has 1 aromatic rings. The first-order chi connectivity index (χ1) is 10.0. The van der Waals surface area contributed by atoms with Gasteiger partial charge in [-0.3, -0.25) is 4.79 Å². The summed E-state index contributed by atoms with van der Waals surface area (Å²) in [7, 11) is 1.37. The van der Waals surface area contributed by atoms with E-state index in [9.17, 15) is 9.90 Å². The summed E-state index contributed by atoms with van der Waals surface area (Å²) < 4.78 is 10.2. The van der Waals surface area contributed by atoms with Gasteiger partial charge in [0.2, 0.25) is 0 Å². The van der Waals surface area contributed by atoms with E-state index in [1.807, 2.05) is 44.2 Å². The summed E-state index contributed by atoms with van der Waals surface area (Å²) in [5.74, 6) is 0.766. The molecule has 1 rings (SSSR count). The Labute approximate surface area is 126 Å². The molecule has 118 valence electrons. The van der Waals surface area contributed by atoms with Crippen LogP contribution in [0.3, 0.4) is 0 Å². The van der Waals surface area contributed by atoms with Gasteiger partial charge in [0.05, 0.1) is 7.11 Å². The van der Waals surface area contributed by atoms with Crippen LogP contribution in [0.5, 0.6) is 5.75 Å². The van der Waals surface area contributed by atoms with Crippen molar-refractivity contribution in [3.05, 3.63) is 30.3 Å². The van der Waals surface area contributed by atoms with Crippen LogP contribution in [0.1, 0.15) is 20.3 Å². The van der Waals surface area contributed by atoms with Crippen LogP contribution in [0, 0.1) is 5.92 Å². The second-order valence-corrected chi connectivity index (χ2v) is 5.39. The van der Waals surface area contributed by atoms with E-state index < -0.39 is 12.1 Å². The first kappa shape index (κ1) is 17.5. The maximum Gasteiger partial charge on any atom is 0.322 e. The molecule has 2 unspecified atom stereocenters. The van der Waals surface area contributed by atoms with Gasteiger partial charge in [-0.25, -0.2) is 0 Å². The molecule has 0 aliphatic rings. The Morgan fingerprint density at radius 3 is 2.52 bits per heavy atom. The maximum absolute atomic E-state index is 11.6. The predicted molar refractivity (Wildman–Crippen MR) is 81.2 cm³/mol. The number of rotatable bonds is 9. The minimum atomic E-state index is -0.690. The second-order valence-electron chi connectivity index (χ2n) is 5.39. The third-order valence-corrected chi connectivity index (χ3v) is 2.98. The Morgan fingerprint density at radius 1 is 1.29 bits per heavy atom. The number of aliphatic hydroxyl groups is 1. The van der Waals surface area contributed by atoms with Crippen molar-refractivity contribution in [2.24, 2.45) is 5.92 Å². The van der Waals surface area contributed by atoms with Crippen LogP contribution in [0.2, 0.25) is 0 Å². The number of aliphatic hydroxyl groups excluding tert-OH is 1. The molecule has 0 aliphatic heterocycles. The minimum absolute atomic E-state index is 0.173. The van der Waals surface area contributed by atoms with Crippen LogP contribution >= 0.6 is 0 Å². The Bertz CT molecular complexity index is 408. The fraction of sp³-hybridized carbons (Fsp3) is 0.562. The summed E-state index contributed by atoms with van der Waals surface area (Å²) in [5.41, 5.74) is 0. The average Bonchev–Trinajstić information content (AvgIpc) is 2.49. The summed E-state index contributed by atoms with van der Waals surface area (Å²) in [6.07, 6.45) is -0.0246. The fourth-order valence-electron chi connectivity index (χ4n) is 1.92. The molecule has 0 spiro atoms. The average molecular weight is 295 g/mol. The second kappa shape index (κ2) is 9.37. The summed E-state index contributed by atoms with van der Waals surface area (Å²) in [4.78, 5) is 11.6. The predicted octanol–water partition coefficient (Wildman–Crippen LogP) is 1.60. The SMILES string of the molecule is COC(=O)C(CC(C)C)NCC(O)COc1ccccc1. The van der Waals surface area contributed by atoms with Crippen molar-refractivity contribution in [1.29, 1.82) is 0 Å². The van der Waals surface area contributed by atoms with Crippen molar-refractivity contribution in [3.63, 3.8) is 0 Å². The van der Waals surface area contributed by atoms with Gasteiger partial charge in [-0.1, -0.05) is 32.0 Å². The Kier molecular flexibility index (Phi) is 7.79. The number of benzene rings is 1. The molecular weight excluding hydrogens is 270 g/mol. The van der Waals surface area contributed by atoms with E-state index in [0.29, 0.717) is 18.1 Å². The highest BCUT2D eigenvalue weighted by Gasteiger charge is 2.21. The van der Waals surface area contributed by atoms with Gasteiger partial charge in [0.1, 0.15) is 24.5 Å². The van der Waals surface area contributed by atoms with Crippen molar-refractivity contribution >= 4 is 5.97 Å². The van der Waals surface area contributed by atoms with Gasteiger partial charge < -0.3 is 19.9 Å². The number of carbonyl (C=O) groups is 1. The van der Waals surface area contributed by atoms with E-state index in [1.54, 1.807) is 0 Å². The molecule has 0 amide bonds. The summed E-state index contributed by atoms with van der Waals surface area (Å²) >= 11 is 0. The maximum atomic E-state index is 11.6. The summed E-state index contributed by atoms with van der Waals surface area (Å²) in [6, 6.07) is 8.90. The van der Waals surface area contributed by atoms with Crippen molar-refractivity contribution in [2.75, 3.05) is 20.3 Å². The lowest BCUT2D eigenvalue weighted by Gasteiger charge is -2.20. The summed E-state index contributed by atoms with van der Waals surface area (Å²) in [5, 5.41) is 12.9. The van der Waals surface area contributed by atoms with E-state index >= 15 is 0 Å². The number of hydrogen-bond donors (Lipinski definition) is 2. The molecule has 0 aliphatic carbocycles. The third kappa shape index (κ3) is 7.11. The number of para-hydroxylation sites is 1. The first-order valence-electron chi connectivity index (χ1n) is 7.20. The third-order valence-electron chi connectivity index (χ3n) is 2.98. The number of ether oxygens (including phenoxy) is 2. The van der Waals surface area contributed by atoms with Crippen LogP contribution in [0.4, 0.5) is 0 Å². The number of carbonyl (C=O) groups excluding carboxylic acids is 1. The molecule has 5 nitrogen and oxygen atoms in total. The molecule has 0 aromatic heterocycles. The normalized spacial score (nSPS) is 13.8. The molecule has 0 radical (unpaired) electrons. The highest BCUT2D eigenvalue weighted by molar-refractivity contribution is 5.75. The van der Waals surface area contributed by atoms with Gasteiger partial charge in [-0.15, -0.1) is 0 Å². The van der Waals surface area contributed by atoms with Gasteiger partial charge in [0.15, 0.2) is 0 Å². The largest absolute Gasteiger partial charge is 0.491 e. The van der Waals surface area contributed by atoms with Gasteiger partial charge in [-0.05, 0) is 24.5 Å². The monoisotopic (exact) mass is 295 g/mol. The van der Waals surface area contributed by atoms with Crippen molar-refractivity contribution < 1.29 is 19.4 Å². The lowest BCUT2D eigenvalue weighted by molar-refractivity contribution is -0.143. The van der Waals surface area contributed by atoms with Crippen molar-refractivity contribution in [1.82, 2.24) is 5.32 Å². The first-order valence-corrected chi connectivity index (χ1v) is 7.20. The van der Waals surface area contributed by atoms with E-state index in [2.05, 4.69) is 5.32 Å². The number of methoxy groups -OCH3 is 1. The van der Waals surface area contributed by atoms with Crippen molar-refractivity contribution in [2.45, 2.75) is 32.4 Å². The molecule has 0 fully saturated rings. The smallest absolute Gasteiger partial charge is 0.322 e. The molecule has 0 heterocycles. The topological polar surface area (TPSA) is 67.8 Å². The highest BCUT2D eigenvalue weighted by Crippen LogP contribution is 2.09. The van der Waals surface area contributed by atoms with Gasteiger partial charge in [0.25, 0.3) is 0 Å². The number of esters is 1. The number of nitrogens with one attached hydrogen (secondary N) is 1.